The quantitative estimate of drug-likeness (QED) is 0.309. The van der Waals surface area contributed by atoms with Crippen LogP contribution >= 0.6 is 0 Å². The lowest BCUT2D eigenvalue weighted by atomic mass is 10.0. The van der Waals surface area contributed by atoms with Crippen LogP contribution in [0.5, 0.6) is 0 Å². The number of amides is 2. The molecule has 1 aliphatic heterocycles. The first kappa shape index (κ1) is 36.1. The molecule has 17 heteroatoms. The van der Waals surface area contributed by atoms with Gasteiger partial charge in [-0.2, -0.15) is 26.3 Å². The largest absolute Gasteiger partial charge is 0.490 e. The number of carbonyl (C=O) groups excluding carboxylic acids is 2. The third-order valence-electron chi connectivity index (χ3n) is 5.83. The molecule has 1 fully saturated rings. The number of nitrogens with zero attached hydrogens (tertiary/aromatic N) is 2. The predicted molar refractivity (Wildman–Crippen MR) is 137 cm³/mol. The summed E-state index contributed by atoms with van der Waals surface area (Å²) in [5.74, 6) is -4.82. The highest BCUT2D eigenvalue weighted by Crippen LogP contribution is 2.24. The number of halogens is 6. The highest BCUT2D eigenvalue weighted by Gasteiger charge is 2.39. The maximum atomic E-state index is 12.8. The second-order valence-corrected chi connectivity index (χ2v) is 9.88. The van der Waals surface area contributed by atoms with Crippen molar-refractivity contribution >= 4 is 34.8 Å². The number of carbonyl (C=O) groups is 4. The molecule has 1 aromatic carbocycles. The zero-order chi connectivity index (χ0) is 32.6. The van der Waals surface area contributed by atoms with Gasteiger partial charge in [0, 0.05) is 19.1 Å². The van der Waals surface area contributed by atoms with Gasteiger partial charge in [0.15, 0.2) is 0 Å². The maximum absolute atomic E-state index is 12.8. The van der Waals surface area contributed by atoms with Gasteiger partial charge in [0.1, 0.15) is 5.82 Å². The lowest BCUT2D eigenvalue weighted by Crippen LogP contribution is -2.58. The van der Waals surface area contributed by atoms with Crippen molar-refractivity contribution in [2.75, 3.05) is 13.1 Å². The SMILES string of the molecule is Cc1ccc2nc(C(NC(=O)CC3C(=O)NCCN3C(C)C)C(C)C)[nH]c2c1.O=C(O)C(F)(F)F.O=C(O)C(F)(F)F. The van der Waals surface area contributed by atoms with Gasteiger partial charge in [-0.3, -0.25) is 14.5 Å². The number of hydrogen-bond acceptors (Lipinski definition) is 6. The van der Waals surface area contributed by atoms with Crippen LogP contribution in [-0.4, -0.2) is 86.4 Å². The molecule has 236 valence electrons. The van der Waals surface area contributed by atoms with Gasteiger partial charge < -0.3 is 25.8 Å². The minimum Gasteiger partial charge on any atom is -0.475 e. The maximum Gasteiger partial charge on any atom is 0.490 e. The van der Waals surface area contributed by atoms with Gasteiger partial charge in [0.25, 0.3) is 0 Å². The summed E-state index contributed by atoms with van der Waals surface area (Å²) in [6, 6.07) is 5.61. The summed E-state index contributed by atoms with van der Waals surface area (Å²) in [6.07, 6.45) is -10.0. The Morgan fingerprint density at radius 1 is 1.05 bits per heavy atom. The van der Waals surface area contributed by atoms with Gasteiger partial charge in [-0.15, -0.1) is 0 Å². The summed E-state index contributed by atoms with van der Waals surface area (Å²) < 4.78 is 63.5. The van der Waals surface area contributed by atoms with Gasteiger partial charge >= 0.3 is 24.3 Å². The van der Waals surface area contributed by atoms with Crippen LogP contribution in [0.15, 0.2) is 18.2 Å². The minimum atomic E-state index is -5.08. The van der Waals surface area contributed by atoms with Crippen molar-refractivity contribution in [3.63, 3.8) is 0 Å². The van der Waals surface area contributed by atoms with Crippen LogP contribution in [0.4, 0.5) is 26.3 Å². The molecule has 42 heavy (non-hydrogen) atoms. The van der Waals surface area contributed by atoms with E-state index in [2.05, 4.69) is 59.3 Å². The van der Waals surface area contributed by atoms with Crippen LogP contribution in [0.2, 0.25) is 0 Å². The van der Waals surface area contributed by atoms with Crippen LogP contribution in [0, 0.1) is 12.8 Å². The summed E-state index contributed by atoms with van der Waals surface area (Å²) in [4.78, 5) is 53.1. The monoisotopic (exact) mass is 613 g/mol. The van der Waals surface area contributed by atoms with Crippen molar-refractivity contribution < 1.29 is 55.7 Å². The first-order valence-corrected chi connectivity index (χ1v) is 12.5. The second kappa shape index (κ2) is 14.8. The Morgan fingerprint density at radius 3 is 2.02 bits per heavy atom. The molecule has 0 radical (unpaired) electrons. The Labute approximate surface area is 236 Å². The number of carboxylic acid groups (broad SMARTS) is 2. The molecule has 2 unspecified atom stereocenters. The molecular weight excluding hydrogens is 580 g/mol. The van der Waals surface area contributed by atoms with Crippen LogP contribution in [0.1, 0.15) is 51.5 Å². The van der Waals surface area contributed by atoms with E-state index in [-0.39, 0.29) is 36.2 Å². The molecule has 0 saturated carbocycles. The van der Waals surface area contributed by atoms with Crippen LogP contribution in [0.25, 0.3) is 11.0 Å². The number of aliphatic carboxylic acids is 2. The summed E-state index contributed by atoms with van der Waals surface area (Å²) >= 11 is 0. The van der Waals surface area contributed by atoms with Crippen LogP contribution < -0.4 is 10.6 Å². The van der Waals surface area contributed by atoms with Gasteiger partial charge in [-0.05, 0) is 44.4 Å². The molecule has 2 atom stereocenters. The van der Waals surface area contributed by atoms with E-state index in [1.807, 2.05) is 19.1 Å². The molecule has 1 aromatic heterocycles. The summed E-state index contributed by atoms with van der Waals surface area (Å²) in [5.41, 5.74) is 3.01. The molecule has 1 saturated heterocycles. The van der Waals surface area contributed by atoms with Crippen molar-refractivity contribution in [1.82, 2.24) is 25.5 Å². The molecule has 5 N–H and O–H groups in total. The number of fused-ring (bicyclic) bond motifs is 1. The average Bonchev–Trinajstić information content (AvgIpc) is 3.25. The Morgan fingerprint density at radius 2 is 1.57 bits per heavy atom. The highest BCUT2D eigenvalue weighted by molar-refractivity contribution is 5.89. The number of imidazole rings is 1. The van der Waals surface area contributed by atoms with Crippen LogP contribution in [-0.2, 0) is 19.2 Å². The number of H-pyrrole nitrogens is 1. The minimum absolute atomic E-state index is 0.0737. The zero-order valence-electron chi connectivity index (χ0n) is 23.4. The lowest BCUT2D eigenvalue weighted by Gasteiger charge is -2.37. The molecule has 0 bridgehead atoms. The predicted octanol–water partition coefficient (Wildman–Crippen LogP) is 3.55. The smallest absolute Gasteiger partial charge is 0.475 e. The van der Waals surface area contributed by atoms with Crippen molar-refractivity contribution in [2.24, 2.45) is 5.92 Å². The molecule has 2 amide bonds. The summed E-state index contributed by atoms with van der Waals surface area (Å²) in [7, 11) is 0. The fraction of sp³-hybridized carbons (Fsp3) is 0.560. The number of piperazine rings is 1. The number of carboxylic acids is 2. The Balaban J connectivity index is 0.000000522. The molecule has 1 aliphatic rings. The summed E-state index contributed by atoms with van der Waals surface area (Å²) in [5, 5.41) is 20.2. The first-order chi connectivity index (χ1) is 19.1. The average molecular weight is 614 g/mol. The Hall–Kier alpha value is -3.89. The number of aryl methyl sites for hydroxylation is 1. The normalized spacial score (nSPS) is 16.6. The van der Waals surface area contributed by atoms with Crippen LogP contribution in [0.3, 0.4) is 0 Å². The van der Waals surface area contributed by atoms with Gasteiger partial charge in [-0.25, -0.2) is 14.6 Å². The third kappa shape index (κ3) is 11.2. The fourth-order valence-corrected chi connectivity index (χ4v) is 3.81. The number of aromatic amines is 1. The molecule has 3 rings (SSSR count). The number of alkyl halides is 6. The number of hydrogen-bond donors (Lipinski definition) is 5. The van der Waals surface area contributed by atoms with E-state index >= 15 is 0 Å². The Bertz CT molecular complexity index is 1220. The van der Waals surface area contributed by atoms with Gasteiger partial charge in [0.2, 0.25) is 11.8 Å². The molecule has 11 nitrogen and oxygen atoms in total. The van der Waals surface area contributed by atoms with Crippen molar-refractivity contribution in [3.8, 4) is 0 Å². The molecule has 0 aliphatic carbocycles. The molecular formula is C25H33F6N5O6. The van der Waals surface area contributed by atoms with E-state index in [9.17, 15) is 35.9 Å². The molecule has 2 aromatic rings. The molecule has 2 heterocycles. The van der Waals surface area contributed by atoms with E-state index in [1.54, 1.807) is 0 Å². The van der Waals surface area contributed by atoms with Gasteiger partial charge in [-0.1, -0.05) is 19.9 Å². The number of aromatic nitrogens is 2. The number of rotatable bonds is 6. The third-order valence-corrected chi connectivity index (χ3v) is 5.83. The van der Waals surface area contributed by atoms with E-state index in [4.69, 9.17) is 19.8 Å². The van der Waals surface area contributed by atoms with Crippen molar-refractivity contribution in [2.45, 2.75) is 71.5 Å². The zero-order valence-corrected chi connectivity index (χ0v) is 23.4. The van der Waals surface area contributed by atoms with Gasteiger partial charge in [0.05, 0.1) is 29.5 Å². The first-order valence-electron chi connectivity index (χ1n) is 12.5. The van der Waals surface area contributed by atoms with E-state index in [0.717, 1.165) is 29.0 Å². The van der Waals surface area contributed by atoms with E-state index in [0.29, 0.717) is 6.54 Å². The number of nitrogens with one attached hydrogen (secondary N) is 3. The van der Waals surface area contributed by atoms with E-state index < -0.39 is 30.3 Å². The van der Waals surface area contributed by atoms with E-state index in [1.165, 1.54) is 0 Å². The second-order valence-electron chi connectivity index (χ2n) is 9.88. The van der Waals surface area contributed by atoms with Crippen molar-refractivity contribution in [1.29, 1.82) is 0 Å². The summed E-state index contributed by atoms with van der Waals surface area (Å²) in [6.45, 7) is 11.6. The topological polar surface area (TPSA) is 165 Å². The Kier molecular flexibility index (Phi) is 12.8. The lowest BCUT2D eigenvalue weighted by molar-refractivity contribution is -0.193. The highest BCUT2D eigenvalue weighted by atomic mass is 19.4. The molecule has 0 spiro atoms. The standard InChI is InChI=1S/C21H31N5O2.2C2HF3O2/c1-12(2)19(20-23-15-7-6-14(5)10-16(15)24-20)25-18(27)11-17-21(28)22-8-9-26(17)13(3)4;2*3-2(4,5)1(6)7/h6-7,10,12-13,17,19H,8-9,11H2,1-5H3,(H,22,28)(H,23,24)(H,25,27);2*(H,6,7). The van der Waals surface area contributed by atoms with Crippen molar-refractivity contribution in [3.05, 3.63) is 29.6 Å². The number of benzene rings is 1. The fourth-order valence-electron chi connectivity index (χ4n) is 3.81.